The van der Waals surface area contributed by atoms with Crippen LogP contribution in [-0.4, -0.2) is 24.1 Å². The molecular weight excluding hydrogens is 338 g/mol. The maximum absolute atomic E-state index is 4.55. The number of hydrogen-bond donors (Lipinski definition) is 2. The molecule has 1 aromatic carbocycles. The number of rotatable bonds is 4. The topological polar surface area (TPSA) is 37.0 Å². The molecule has 2 bridgehead atoms. The third-order valence-corrected chi connectivity index (χ3v) is 5.55. The van der Waals surface area contributed by atoms with E-state index in [9.17, 15) is 0 Å². The van der Waals surface area contributed by atoms with Crippen molar-refractivity contribution in [3.05, 3.63) is 40.5 Å². The number of benzene rings is 1. The van der Waals surface area contributed by atoms with E-state index in [0.29, 0.717) is 0 Å². The molecule has 1 aromatic heterocycles. The molecule has 4 heteroatoms. The van der Waals surface area contributed by atoms with E-state index in [2.05, 4.69) is 49.7 Å². The van der Waals surface area contributed by atoms with E-state index in [4.69, 9.17) is 0 Å². The van der Waals surface area contributed by atoms with Crippen LogP contribution in [0.15, 0.2) is 34.9 Å². The van der Waals surface area contributed by atoms with Crippen LogP contribution in [0, 0.1) is 11.8 Å². The normalized spacial score (nSPS) is 27.4. The number of nitrogens with one attached hydrogen (secondary N) is 2. The lowest BCUT2D eigenvalue weighted by Crippen LogP contribution is -2.31. The Labute approximate surface area is 140 Å². The number of halogens is 1. The van der Waals surface area contributed by atoms with Crippen molar-refractivity contribution in [1.29, 1.82) is 0 Å². The Morgan fingerprint density at radius 1 is 1.27 bits per heavy atom. The van der Waals surface area contributed by atoms with E-state index in [1.54, 1.807) is 0 Å². The molecule has 1 aliphatic heterocycles. The maximum atomic E-state index is 4.55. The SMILES string of the molecule is Brc1cc(CNCC2CC3CNC(C2)C3)c2ncccc2c1. The highest BCUT2D eigenvalue weighted by Gasteiger charge is 2.33. The Bertz CT molecular complexity index is 660. The zero-order valence-corrected chi connectivity index (χ0v) is 14.3. The van der Waals surface area contributed by atoms with E-state index >= 15 is 0 Å². The van der Waals surface area contributed by atoms with Gasteiger partial charge in [-0.1, -0.05) is 22.0 Å². The summed E-state index contributed by atoms with van der Waals surface area (Å²) in [6, 6.07) is 9.22. The first-order valence-electron chi connectivity index (χ1n) is 8.25. The lowest BCUT2D eigenvalue weighted by molar-refractivity contribution is 0.288. The molecule has 1 saturated heterocycles. The van der Waals surface area contributed by atoms with Crippen LogP contribution < -0.4 is 10.6 Å². The van der Waals surface area contributed by atoms with Gasteiger partial charge in [-0.15, -0.1) is 0 Å². The van der Waals surface area contributed by atoms with Gasteiger partial charge >= 0.3 is 0 Å². The molecule has 0 radical (unpaired) electrons. The molecule has 0 spiro atoms. The number of nitrogens with zero attached hydrogens (tertiary/aromatic N) is 1. The molecule has 3 unspecified atom stereocenters. The van der Waals surface area contributed by atoms with Crippen LogP contribution >= 0.6 is 15.9 Å². The maximum Gasteiger partial charge on any atom is 0.0747 e. The molecule has 1 aliphatic carbocycles. The molecule has 2 fully saturated rings. The van der Waals surface area contributed by atoms with Crippen molar-refractivity contribution in [3.63, 3.8) is 0 Å². The van der Waals surface area contributed by atoms with Gasteiger partial charge in [-0.2, -0.15) is 0 Å². The minimum atomic E-state index is 0.777. The Morgan fingerprint density at radius 3 is 3.14 bits per heavy atom. The van der Waals surface area contributed by atoms with Gasteiger partial charge in [-0.05, 0) is 68.0 Å². The highest BCUT2D eigenvalue weighted by Crippen LogP contribution is 2.33. The minimum absolute atomic E-state index is 0.777. The summed E-state index contributed by atoms with van der Waals surface area (Å²) in [6.45, 7) is 3.25. The molecule has 2 aromatic rings. The standard InChI is InChI=1S/C18H22BrN3/c19-16-7-14-2-1-3-21-18(14)15(8-16)11-20-9-12-4-13-6-17(5-12)22-10-13/h1-3,7-8,12-13,17,20,22H,4-6,9-11H2. The molecule has 1 saturated carbocycles. The zero-order valence-electron chi connectivity index (χ0n) is 12.7. The number of hydrogen-bond acceptors (Lipinski definition) is 3. The minimum Gasteiger partial charge on any atom is -0.314 e. The first kappa shape index (κ1) is 14.6. The highest BCUT2D eigenvalue weighted by molar-refractivity contribution is 9.10. The van der Waals surface area contributed by atoms with E-state index in [0.717, 1.165) is 41.0 Å². The lowest BCUT2D eigenvalue weighted by atomic mass is 9.82. The summed E-state index contributed by atoms with van der Waals surface area (Å²) in [5, 5.41) is 8.52. The van der Waals surface area contributed by atoms with Crippen LogP contribution in [0.3, 0.4) is 0 Å². The van der Waals surface area contributed by atoms with E-state index in [1.807, 2.05) is 12.3 Å². The first-order chi connectivity index (χ1) is 10.8. The van der Waals surface area contributed by atoms with Crippen LogP contribution in [0.1, 0.15) is 24.8 Å². The third-order valence-electron chi connectivity index (χ3n) is 5.09. The van der Waals surface area contributed by atoms with Gasteiger partial charge < -0.3 is 10.6 Å². The average molecular weight is 360 g/mol. The fraction of sp³-hybridized carbons (Fsp3) is 0.500. The summed E-state index contributed by atoms with van der Waals surface area (Å²) in [5.41, 5.74) is 2.39. The fourth-order valence-electron chi connectivity index (χ4n) is 4.17. The molecule has 0 amide bonds. The van der Waals surface area contributed by atoms with Gasteiger partial charge in [0.1, 0.15) is 0 Å². The largest absolute Gasteiger partial charge is 0.314 e. The quantitative estimate of drug-likeness (QED) is 0.877. The van der Waals surface area contributed by atoms with Crippen LogP contribution in [0.25, 0.3) is 10.9 Å². The predicted octanol–water partition coefficient (Wildman–Crippen LogP) is 3.48. The number of fused-ring (bicyclic) bond motifs is 3. The summed E-state index contributed by atoms with van der Waals surface area (Å²) >= 11 is 3.61. The molecule has 2 N–H and O–H groups in total. The van der Waals surface area contributed by atoms with Crippen molar-refractivity contribution < 1.29 is 0 Å². The molecule has 3 atom stereocenters. The van der Waals surface area contributed by atoms with Crippen LogP contribution in [-0.2, 0) is 6.54 Å². The van der Waals surface area contributed by atoms with Gasteiger partial charge in [0, 0.05) is 28.6 Å². The first-order valence-corrected chi connectivity index (χ1v) is 9.04. The smallest absolute Gasteiger partial charge is 0.0747 e. The molecule has 22 heavy (non-hydrogen) atoms. The summed E-state index contributed by atoms with van der Waals surface area (Å²) < 4.78 is 1.13. The second-order valence-electron chi connectivity index (χ2n) is 6.82. The van der Waals surface area contributed by atoms with Gasteiger partial charge in [0.25, 0.3) is 0 Å². The summed E-state index contributed by atoms with van der Waals surface area (Å²) in [4.78, 5) is 4.55. The van der Waals surface area contributed by atoms with E-state index < -0.39 is 0 Å². The van der Waals surface area contributed by atoms with Gasteiger partial charge in [0.2, 0.25) is 0 Å². The molecule has 2 heterocycles. The van der Waals surface area contributed by atoms with E-state index in [-0.39, 0.29) is 0 Å². The number of pyridine rings is 1. The zero-order chi connectivity index (χ0) is 14.9. The van der Waals surface area contributed by atoms with Gasteiger partial charge in [0.05, 0.1) is 5.52 Å². The van der Waals surface area contributed by atoms with Crippen molar-refractivity contribution in [2.24, 2.45) is 11.8 Å². The highest BCUT2D eigenvalue weighted by atomic mass is 79.9. The second-order valence-corrected chi connectivity index (χ2v) is 7.73. The fourth-order valence-corrected chi connectivity index (χ4v) is 4.69. The Morgan fingerprint density at radius 2 is 2.23 bits per heavy atom. The van der Waals surface area contributed by atoms with Crippen LogP contribution in [0.5, 0.6) is 0 Å². The van der Waals surface area contributed by atoms with Crippen molar-refractivity contribution in [2.75, 3.05) is 13.1 Å². The van der Waals surface area contributed by atoms with Crippen molar-refractivity contribution in [2.45, 2.75) is 31.8 Å². The lowest BCUT2D eigenvalue weighted by Gasteiger charge is -2.27. The summed E-state index contributed by atoms with van der Waals surface area (Å²) in [5.74, 6) is 1.74. The monoisotopic (exact) mass is 359 g/mol. The molecular formula is C18H22BrN3. The summed E-state index contributed by atoms with van der Waals surface area (Å²) in [7, 11) is 0. The Balaban J connectivity index is 1.41. The Hall–Kier alpha value is -0.970. The third kappa shape index (κ3) is 3.05. The van der Waals surface area contributed by atoms with Crippen molar-refractivity contribution >= 4 is 26.8 Å². The molecule has 116 valence electrons. The van der Waals surface area contributed by atoms with E-state index in [1.165, 1.54) is 36.8 Å². The van der Waals surface area contributed by atoms with Crippen LogP contribution in [0.2, 0.25) is 0 Å². The van der Waals surface area contributed by atoms with Gasteiger partial charge in [-0.3, -0.25) is 4.98 Å². The van der Waals surface area contributed by atoms with Crippen LogP contribution in [0.4, 0.5) is 0 Å². The Kier molecular flexibility index (Phi) is 4.16. The predicted molar refractivity (Wildman–Crippen MR) is 93.8 cm³/mol. The number of aromatic nitrogens is 1. The molecule has 3 nitrogen and oxygen atoms in total. The molecule has 4 rings (SSSR count). The van der Waals surface area contributed by atoms with Gasteiger partial charge in [-0.25, -0.2) is 0 Å². The van der Waals surface area contributed by atoms with Gasteiger partial charge in [0.15, 0.2) is 0 Å². The second kappa shape index (κ2) is 6.26. The average Bonchev–Trinajstić information content (AvgIpc) is 2.86. The molecule has 2 aliphatic rings. The van der Waals surface area contributed by atoms with Crippen molar-refractivity contribution in [3.8, 4) is 0 Å². The summed E-state index contributed by atoms with van der Waals surface area (Å²) in [6.07, 6.45) is 6.00. The van der Waals surface area contributed by atoms with Crippen molar-refractivity contribution in [1.82, 2.24) is 15.6 Å².